The van der Waals surface area contributed by atoms with Crippen LogP contribution in [0.4, 0.5) is 4.79 Å². The molecule has 48 heavy (non-hydrogen) atoms. The molecule has 2 aliphatic rings. The smallest absolute Gasteiger partial charge is 0.331 e. The predicted octanol–water partition coefficient (Wildman–Crippen LogP) is 5.67. The van der Waals surface area contributed by atoms with Crippen LogP contribution in [0.2, 0.25) is 20.1 Å². The van der Waals surface area contributed by atoms with Gasteiger partial charge in [-0.05, 0) is 68.1 Å². The summed E-state index contributed by atoms with van der Waals surface area (Å²) in [7, 11) is 4.39. The number of aliphatic hydroxyl groups is 1. The van der Waals surface area contributed by atoms with Crippen LogP contribution in [0.3, 0.4) is 0 Å². The van der Waals surface area contributed by atoms with Crippen LogP contribution in [-0.4, -0.2) is 128 Å². The highest BCUT2D eigenvalue weighted by atomic mass is 35.5. The molecule has 2 fully saturated rings. The van der Waals surface area contributed by atoms with E-state index in [-0.39, 0.29) is 30.4 Å². The van der Waals surface area contributed by atoms with Crippen molar-refractivity contribution in [3.63, 3.8) is 0 Å². The van der Waals surface area contributed by atoms with Crippen molar-refractivity contribution < 1.29 is 29.1 Å². The number of carbonyl (C=O) groups is 3. The van der Waals surface area contributed by atoms with Crippen molar-refractivity contribution in [2.75, 3.05) is 67.1 Å². The summed E-state index contributed by atoms with van der Waals surface area (Å²) in [6.45, 7) is 2.89. The third-order valence-electron chi connectivity index (χ3n) is 8.86. The van der Waals surface area contributed by atoms with Crippen molar-refractivity contribution in [3.05, 3.63) is 67.6 Å². The number of nitrogens with zero attached hydrogens (tertiary/aromatic N) is 5. The minimum absolute atomic E-state index is 0.0182. The van der Waals surface area contributed by atoms with E-state index in [1.807, 2.05) is 17.0 Å². The van der Waals surface area contributed by atoms with Gasteiger partial charge in [-0.1, -0.05) is 57.6 Å². The fraction of sp³-hybridized carbons (Fsp3) is 0.515. The Labute approximate surface area is 301 Å². The van der Waals surface area contributed by atoms with Crippen molar-refractivity contribution in [1.29, 1.82) is 0 Å². The summed E-state index contributed by atoms with van der Waals surface area (Å²) in [5, 5.41) is 15.7. The number of halogens is 4. The van der Waals surface area contributed by atoms with E-state index in [1.54, 1.807) is 31.3 Å². The molecular formula is C33H41Cl4N5O6. The van der Waals surface area contributed by atoms with Crippen LogP contribution in [0.15, 0.2) is 41.6 Å². The van der Waals surface area contributed by atoms with Crippen LogP contribution >= 0.6 is 46.4 Å². The molecule has 0 bridgehead atoms. The van der Waals surface area contributed by atoms with E-state index < -0.39 is 18.6 Å². The molecular weight excluding hydrogens is 704 g/mol. The third-order valence-corrected chi connectivity index (χ3v) is 10.0. The average molecular weight is 746 g/mol. The van der Waals surface area contributed by atoms with Crippen molar-refractivity contribution in [2.24, 2.45) is 5.16 Å². The lowest BCUT2D eigenvalue weighted by atomic mass is 9.89. The van der Waals surface area contributed by atoms with E-state index in [4.69, 9.17) is 56.0 Å². The van der Waals surface area contributed by atoms with Gasteiger partial charge in [-0.15, -0.1) is 0 Å². The van der Waals surface area contributed by atoms with Gasteiger partial charge in [-0.2, -0.15) is 0 Å². The number of amides is 3. The normalized spacial score (nSPS) is 17.7. The standard InChI is InChI=1S/C33H41Cl4N5O6/c1-39(31(44)22-15-23(34)18-24(35)16-22)19-29(38-48-3)26(21-5-6-27(36)28(37)17-21)9-14-40-12-7-25(8-13-40)41-10-4-11-42(33(41)46)30(20-43)32(45)47-2/h5-6,15-18,25-26,30,43H,4,7-14,19-20H2,1-3H3/t26?,30-/m0/s1. The molecule has 0 aliphatic carbocycles. The lowest BCUT2D eigenvalue weighted by Gasteiger charge is -2.44. The molecule has 4 rings (SSSR count). The van der Waals surface area contributed by atoms with Crippen LogP contribution in [-0.2, 0) is 14.4 Å². The van der Waals surface area contributed by atoms with E-state index in [1.165, 1.54) is 24.0 Å². The zero-order valence-electron chi connectivity index (χ0n) is 27.2. The summed E-state index contributed by atoms with van der Waals surface area (Å²) in [6.07, 6.45) is 2.87. The summed E-state index contributed by atoms with van der Waals surface area (Å²) in [6, 6.07) is 8.92. The van der Waals surface area contributed by atoms with Gasteiger partial charge in [0.15, 0.2) is 6.04 Å². The molecule has 15 heteroatoms. The Balaban J connectivity index is 1.45. The summed E-state index contributed by atoms with van der Waals surface area (Å²) < 4.78 is 4.81. The number of methoxy groups -OCH3 is 1. The Morgan fingerprint density at radius 3 is 2.29 bits per heavy atom. The molecule has 3 amide bonds. The number of aliphatic hydroxyl groups excluding tert-OH is 1. The fourth-order valence-electron chi connectivity index (χ4n) is 6.39. The van der Waals surface area contributed by atoms with Gasteiger partial charge in [0.25, 0.3) is 5.91 Å². The molecule has 11 nitrogen and oxygen atoms in total. The highest BCUT2D eigenvalue weighted by Gasteiger charge is 2.39. The Morgan fingerprint density at radius 2 is 1.69 bits per heavy atom. The topological polar surface area (TPSA) is 115 Å². The number of oxime groups is 1. The molecule has 2 aromatic rings. The van der Waals surface area contributed by atoms with Gasteiger partial charge in [0.05, 0.1) is 36.0 Å². The van der Waals surface area contributed by atoms with Crippen LogP contribution in [0.25, 0.3) is 0 Å². The fourth-order valence-corrected chi connectivity index (χ4v) is 7.22. The van der Waals surface area contributed by atoms with E-state index >= 15 is 0 Å². The molecule has 2 aromatic carbocycles. The number of carbonyl (C=O) groups excluding carboxylic acids is 3. The lowest BCUT2D eigenvalue weighted by Crippen LogP contribution is -2.60. The molecule has 2 saturated heterocycles. The van der Waals surface area contributed by atoms with Gasteiger partial charge < -0.3 is 34.3 Å². The number of ether oxygens (including phenoxy) is 1. The van der Waals surface area contributed by atoms with Gasteiger partial charge in [0, 0.05) is 60.8 Å². The SMILES string of the molecule is CON=C(CN(C)C(=O)c1cc(Cl)cc(Cl)c1)C(CCN1CCC(N2CCCN([C@@H](CO)C(=O)OC)C2=O)CC1)c1ccc(Cl)c(Cl)c1. The van der Waals surface area contributed by atoms with Gasteiger partial charge in [0.1, 0.15) is 7.11 Å². The first-order chi connectivity index (χ1) is 23.0. The number of rotatable bonds is 13. The van der Waals surface area contributed by atoms with Crippen LogP contribution in [0, 0.1) is 0 Å². The first kappa shape index (κ1) is 38.0. The monoisotopic (exact) mass is 743 g/mol. The zero-order chi connectivity index (χ0) is 35.0. The number of piperidine rings is 1. The van der Waals surface area contributed by atoms with Crippen LogP contribution in [0.1, 0.15) is 47.5 Å². The van der Waals surface area contributed by atoms with E-state index in [2.05, 4.69) is 10.1 Å². The van der Waals surface area contributed by atoms with Crippen molar-refractivity contribution in [1.82, 2.24) is 19.6 Å². The average Bonchev–Trinajstić information content (AvgIpc) is 3.06. The first-order valence-electron chi connectivity index (χ1n) is 15.7. The maximum Gasteiger partial charge on any atom is 0.331 e. The van der Waals surface area contributed by atoms with Crippen LogP contribution in [0.5, 0.6) is 0 Å². The summed E-state index contributed by atoms with van der Waals surface area (Å²) in [5.41, 5.74) is 1.86. The zero-order valence-corrected chi connectivity index (χ0v) is 30.2. The van der Waals surface area contributed by atoms with Crippen molar-refractivity contribution >= 4 is 70.0 Å². The number of likely N-dealkylation sites (tertiary alicyclic amines) is 1. The van der Waals surface area contributed by atoms with Gasteiger partial charge in [-0.25, -0.2) is 9.59 Å². The second kappa shape index (κ2) is 17.7. The van der Waals surface area contributed by atoms with E-state index in [9.17, 15) is 19.5 Å². The molecule has 0 aromatic heterocycles. The number of urea groups is 1. The Kier molecular flexibility index (Phi) is 14.0. The molecule has 2 atom stereocenters. The third kappa shape index (κ3) is 9.46. The number of benzene rings is 2. The lowest BCUT2D eigenvalue weighted by molar-refractivity contribution is -0.148. The molecule has 2 heterocycles. The molecule has 0 saturated carbocycles. The minimum atomic E-state index is -1.01. The number of hydrogen-bond acceptors (Lipinski definition) is 8. The maximum atomic E-state index is 13.4. The van der Waals surface area contributed by atoms with Gasteiger partial charge in [-0.3, -0.25) is 4.79 Å². The molecule has 1 unspecified atom stereocenters. The molecule has 0 spiro atoms. The summed E-state index contributed by atoms with van der Waals surface area (Å²) in [4.78, 5) is 51.3. The maximum absolute atomic E-state index is 13.4. The molecule has 2 aliphatic heterocycles. The predicted molar refractivity (Wildman–Crippen MR) is 187 cm³/mol. The van der Waals surface area contributed by atoms with Crippen molar-refractivity contribution in [2.45, 2.75) is 43.7 Å². The van der Waals surface area contributed by atoms with Crippen molar-refractivity contribution in [3.8, 4) is 0 Å². The van der Waals surface area contributed by atoms with E-state index in [0.29, 0.717) is 63.8 Å². The number of hydrogen-bond donors (Lipinski definition) is 1. The Hall–Kier alpha value is -2.80. The van der Waals surface area contributed by atoms with Gasteiger partial charge >= 0.3 is 12.0 Å². The second-order valence-corrected chi connectivity index (χ2v) is 13.6. The molecule has 1 N–H and O–H groups in total. The van der Waals surface area contributed by atoms with E-state index in [0.717, 1.165) is 31.5 Å². The largest absolute Gasteiger partial charge is 0.467 e. The molecule has 0 radical (unpaired) electrons. The quantitative estimate of drug-likeness (QED) is 0.160. The highest BCUT2D eigenvalue weighted by Crippen LogP contribution is 2.31. The Morgan fingerprint density at radius 1 is 1.00 bits per heavy atom. The second-order valence-electron chi connectivity index (χ2n) is 11.9. The highest BCUT2D eigenvalue weighted by molar-refractivity contribution is 6.42. The van der Waals surface area contributed by atoms with Gasteiger partial charge in [0.2, 0.25) is 0 Å². The van der Waals surface area contributed by atoms with Crippen LogP contribution < -0.4 is 0 Å². The Bertz CT molecular complexity index is 1470. The minimum Gasteiger partial charge on any atom is -0.467 e. The first-order valence-corrected chi connectivity index (χ1v) is 17.2. The number of esters is 1. The summed E-state index contributed by atoms with van der Waals surface area (Å²) in [5.74, 6) is -1.16. The summed E-state index contributed by atoms with van der Waals surface area (Å²) >= 11 is 25.0. The molecule has 262 valence electrons.